The first kappa shape index (κ1) is 27.4. The molecule has 4 rings (SSSR count). The lowest BCUT2D eigenvalue weighted by molar-refractivity contribution is -0.140. The van der Waals surface area contributed by atoms with Crippen molar-refractivity contribution < 1.29 is 28.6 Å². The summed E-state index contributed by atoms with van der Waals surface area (Å²) in [6, 6.07) is 18.1. The molecule has 0 unspecified atom stereocenters. The van der Waals surface area contributed by atoms with Crippen molar-refractivity contribution in [2.24, 2.45) is 0 Å². The third-order valence-electron chi connectivity index (χ3n) is 6.75. The summed E-state index contributed by atoms with van der Waals surface area (Å²) in [4.78, 5) is 40.1. The molecule has 0 atom stereocenters. The van der Waals surface area contributed by atoms with Crippen molar-refractivity contribution >= 4 is 35.0 Å². The number of carbonyl (C=O) groups excluding carboxylic acids is 3. The molecule has 0 spiro atoms. The molecule has 1 heterocycles. The number of carbonyl (C=O) groups is 3. The molecule has 0 radical (unpaired) electrons. The largest absolute Gasteiger partial charge is 0.496 e. The molecule has 0 saturated heterocycles. The highest BCUT2D eigenvalue weighted by molar-refractivity contribution is 6.11. The van der Waals surface area contributed by atoms with E-state index < -0.39 is 12.0 Å². The minimum atomic E-state index is -0.496. The summed E-state index contributed by atoms with van der Waals surface area (Å²) in [5, 5.41) is 3.03. The minimum Gasteiger partial charge on any atom is -0.496 e. The normalized spacial score (nSPS) is 12.4. The maximum Gasteiger partial charge on any atom is 0.341 e. The zero-order valence-corrected chi connectivity index (χ0v) is 22.6. The number of amides is 2. The molecule has 0 saturated carbocycles. The number of hydrogen-bond acceptors (Lipinski definition) is 6. The predicted molar refractivity (Wildman–Crippen MR) is 150 cm³/mol. The SMILES string of the molecule is COC(=O)CCC(C)=CCc1c(NC(=O)N(c2ccccc2)c2ccccc2)c2c(c(C)c1OC)COC2=O. The first-order chi connectivity index (χ1) is 18.8. The predicted octanol–water partition coefficient (Wildman–Crippen LogP) is 6.49. The van der Waals surface area contributed by atoms with Gasteiger partial charge in [0.05, 0.1) is 36.8 Å². The van der Waals surface area contributed by atoms with Gasteiger partial charge in [-0.2, -0.15) is 0 Å². The highest BCUT2D eigenvalue weighted by Crippen LogP contribution is 2.42. The standard InChI is InChI=1S/C31H32N2O6/c1-20(16-18-26(34)37-3)15-17-24-28(27-25(19-39-30(27)35)21(2)29(24)38-4)32-31(36)33(22-11-7-5-8-12-22)23-13-9-6-10-14-23/h5-15H,16-19H2,1-4H3,(H,32,36). The number of nitrogens with zero attached hydrogens (tertiary/aromatic N) is 1. The number of para-hydroxylation sites is 2. The highest BCUT2D eigenvalue weighted by atomic mass is 16.5. The number of ether oxygens (including phenoxy) is 3. The van der Waals surface area contributed by atoms with Crippen LogP contribution in [0.4, 0.5) is 21.9 Å². The summed E-state index contributed by atoms with van der Waals surface area (Å²) >= 11 is 0. The van der Waals surface area contributed by atoms with Crippen molar-refractivity contribution in [1.29, 1.82) is 0 Å². The number of anilines is 3. The number of fused-ring (bicyclic) bond motifs is 1. The molecule has 1 aliphatic rings. The van der Waals surface area contributed by atoms with Gasteiger partial charge in [-0.1, -0.05) is 48.0 Å². The van der Waals surface area contributed by atoms with Crippen LogP contribution >= 0.6 is 0 Å². The zero-order chi connectivity index (χ0) is 27.9. The van der Waals surface area contributed by atoms with Gasteiger partial charge < -0.3 is 19.5 Å². The van der Waals surface area contributed by atoms with Gasteiger partial charge in [-0.25, -0.2) is 9.59 Å². The van der Waals surface area contributed by atoms with Crippen molar-refractivity contribution in [1.82, 2.24) is 0 Å². The van der Waals surface area contributed by atoms with Gasteiger partial charge in [0.2, 0.25) is 0 Å². The van der Waals surface area contributed by atoms with Gasteiger partial charge in [-0.05, 0) is 56.5 Å². The first-order valence-electron chi connectivity index (χ1n) is 12.7. The molecule has 2 amide bonds. The minimum absolute atomic E-state index is 0.106. The van der Waals surface area contributed by atoms with Crippen LogP contribution in [-0.2, 0) is 27.3 Å². The van der Waals surface area contributed by atoms with E-state index in [1.165, 1.54) is 7.11 Å². The summed E-state index contributed by atoms with van der Waals surface area (Å²) in [5.41, 5.74) is 5.12. The maximum absolute atomic E-state index is 14.0. The van der Waals surface area contributed by atoms with Crippen LogP contribution in [0.5, 0.6) is 5.75 Å². The van der Waals surface area contributed by atoms with E-state index in [9.17, 15) is 14.4 Å². The third-order valence-corrected chi connectivity index (χ3v) is 6.75. The summed E-state index contributed by atoms with van der Waals surface area (Å²) < 4.78 is 15.9. The summed E-state index contributed by atoms with van der Waals surface area (Å²) in [5.74, 6) is -0.207. The average Bonchev–Trinajstić information content (AvgIpc) is 3.35. The molecule has 0 aliphatic carbocycles. The number of allylic oxidation sites excluding steroid dienone is 2. The van der Waals surface area contributed by atoms with Gasteiger partial charge in [-0.15, -0.1) is 0 Å². The lowest BCUT2D eigenvalue weighted by Crippen LogP contribution is -2.32. The summed E-state index contributed by atoms with van der Waals surface area (Å²) in [6.45, 7) is 3.91. The fraction of sp³-hybridized carbons (Fsp3) is 0.258. The van der Waals surface area contributed by atoms with Crippen molar-refractivity contribution in [3.05, 3.63) is 94.6 Å². The van der Waals surface area contributed by atoms with E-state index in [0.717, 1.165) is 11.1 Å². The Morgan fingerprint density at radius 2 is 1.62 bits per heavy atom. The Morgan fingerprint density at radius 1 is 1.00 bits per heavy atom. The van der Waals surface area contributed by atoms with Gasteiger partial charge in [0.15, 0.2) is 0 Å². The van der Waals surface area contributed by atoms with Crippen LogP contribution in [0.1, 0.15) is 46.8 Å². The summed E-state index contributed by atoms with van der Waals surface area (Å²) in [6.07, 6.45) is 3.12. The monoisotopic (exact) mass is 528 g/mol. The molecule has 202 valence electrons. The molecular weight excluding hydrogens is 496 g/mol. The van der Waals surface area contributed by atoms with E-state index in [4.69, 9.17) is 14.2 Å². The molecule has 8 nitrogen and oxygen atoms in total. The zero-order valence-electron chi connectivity index (χ0n) is 22.6. The van der Waals surface area contributed by atoms with Crippen LogP contribution in [0.2, 0.25) is 0 Å². The number of rotatable bonds is 9. The molecule has 3 aromatic carbocycles. The molecule has 39 heavy (non-hydrogen) atoms. The van der Waals surface area contributed by atoms with Crippen LogP contribution < -0.4 is 15.0 Å². The molecule has 0 bridgehead atoms. The molecule has 1 N–H and O–H groups in total. The fourth-order valence-electron chi connectivity index (χ4n) is 4.67. The second-order valence-electron chi connectivity index (χ2n) is 9.21. The Kier molecular flexibility index (Phi) is 8.66. The highest BCUT2D eigenvalue weighted by Gasteiger charge is 2.33. The van der Waals surface area contributed by atoms with Gasteiger partial charge in [-0.3, -0.25) is 9.69 Å². The maximum atomic E-state index is 14.0. The van der Waals surface area contributed by atoms with Crippen molar-refractivity contribution in [2.45, 2.75) is 39.7 Å². The number of benzene rings is 3. The molecule has 8 heteroatoms. The van der Waals surface area contributed by atoms with Crippen LogP contribution in [-0.4, -0.2) is 32.2 Å². The van der Waals surface area contributed by atoms with Crippen molar-refractivity contribution in [3.8, 4) is 5.75 Å². The van der Waals surface area contributed by atoms with Crippen LogP contribution in [0, 0.1) is 6.92 Å². The quantitative estimate of drug-likeness (QED) is 0.252. The van der Waals surface area contributed by atoms with E-state index in [0.29, 0.717) is 52.3 Å². The second-order valence-corrected chi connectivity index (χ2v) is 9.21. The Bertz CT molecular complexity index is 1360. The first-order valence-corrected chi connectivity index (χ1v) is 12.7. The Hall–Kier alpha value is -4.59. The number of esters is 2. The Labute approximate surface area is 228 Å². The molecule has 1 aliphatic heterocycles. The second kappa shape index (κ2) is 12.3. The Morgan fingerprint density at radius 3 is 2.18 bits per heavy atom. The number of methoxy groups -OCH3 is 2. The van der Waals surface area contributed by atoms with Crippen LogP contribution in [0.3, 0.4) is 0 Å². The molecule has 0 fully saturated rings. The average molecular weight is 529 g/mol. The Balaban J connectivity index is 1.79. The number of urea groups is 1. The fourth-order valence-corrected chi connectivity index (χ4v) is 4.67. The third kappa shape index (κ3) is 5.95. The lowest BCUT2D eigenvalue weighted by atomic mass is 9.93. The van der Waals surface area contributed by atoms with E-state index in [1.807, 2.05) is 80.6 Å². The van der Waals surface area contributed by atoms with Crippen molar-refractivity contribution in [3.63, 3.8) is 0 Å². The van der Waals surface area contributed by atoms with E-state index in [1.54, 1.807) is 12.0 Å². The van der Waals surface area contributed by atoms with E-state index in [-0.39, 0.29) is 19.0 Å². The lowest BCUT2D eigenvalue weighted by Gasteiger charge is -2.26. The number of nitrogens with one attached hydrogen (secondary N) is 1. The smallest absolute Gasteiger partial charge is 0.341 e. The summed E-state index contributed by atoms with van der Waals surface area (Å²) in [7, 11) is 2.93. The van der Waals surface area contributed by atoms with E-state index in [2.05, 4.69) is 5.32 Å². The number of hydrogen-bond donors (Lipinski definition) is 1. The van der Waals surface area contributed by atoms with Gasteiger partial charge in [0.1, 0.15) is 12.4 Å². The molecule has 0 aromatic heterocycles. The van der Waals surface area contributed by atoms with Crippen molar-refractivity contribution in [2.75, 3.05) is 24.4 Å². The van der Waals surface area contributed by atoms with Gasteiger partial charge >= 0.3 is 18.0 Å². The molecular formula is C31H32N2O6. The van der Waals surface area contributed by atoms with Gasteiger partial charge in [0, 0.05) is 17.5 Å². The van der Waals surface area contributed by atoms with Crippen LogP contribution in [0.25, 0.3) is 0 Å². The van der Waals surface area contributed by atoms with Crippen LogP contribution in [0.15, 0.2) is 72.3 Å². The topological polar surface area (TPSA) is 94.2 Å². The van der Waals surface area contributed by atoms with Gasteiger partial charge in [0.25, 0.3) is 0 Å². The van der Waals surface area contributed by atoms with E-state index >= 15 is 0 Å². The number of cyclic esters (lactones) is 1. The molecule has 3 aromatic rings.